The number of benzene rings is 1. The number of nitrogens with zero attached hydrogens (tertiary/aromatic N) is 2. The number of aryl methyl sites for hydroxylation is 1. The van der Waals surface area contributed by atoms with Gasteiger partial charge >= 0.3 is 0 Å². The Balaban J connectivity index is 2.36. The maximum atomic E-state index is 12.2. The number of para-hydroxylation sites is 1. The lowest BCUT2D eigenvalue weighted by Crippen LogP contribution is -2.30. The summed E-state index contributed by atoms with van der Waals surface area (Å²) >= 11 is 0. The van der Waals surface area contributed by atoms with Gasteiger partial charge in [0.15, 0.2) is 0 Å². The molecule has 0 spiro atoms. The molecule has 0 radical (unpaired) electrons. The summed E-state index contributed by atoms with van der Waals surface area (Å²) in [6, 6.07) is 4.69. The summed E-state index contributed by atoms with van der Waals surface area (Å²) in [6.45, 7) is 2.28. The van der Waals surface area contributed by atoms with E-state index in [-0.39, 0.29) is 23.7 Å². The molecule has 0 aromatic heterocycles. The minimum Gasteiger partial charge on any atom is -0.391 e. The van der Waals surface area contributed by atoms with Crippen LogP contribution >= 0.6 is 0 Å². The molecule has 1 unspecified atom stereocenters. The standard InChI is InChI=1S/C12H14N2O4/c1-8-3-2-4-10(11(8)14(17)18)12(16)13-6-5-9(15)7-13/h2-4,9,15H,5-7H2,1H3. The Hall–Kier alpha value is -1.95. The van der Waals surface area contributed by atoms with Crippen LogP contribution in [0.1, 0.15) is 22.3 Å². The van der Waals surface area contributed by atoms with E-state index in [4.69, 9.17) is 0 Å². The fourth-order valence-electron chi connectivity index (χ4n) is 2.17. The highest BCUT2D eigenvalue weighted by molar-refractivity contribution is 5.98. The molecule has 1 amide bonds. The molecule has 1 saturated heterocycles. The van der Waals surface area contributed by atoms with Gasteiger partial charge in [0.25, 0.3) is 11.6 Å². The molecule has 1 aliphatic rings. The summed E-state index contributed by atoms with van der Waals surface area (Å²) in [5.74, 6) is -0.387. The summed E-state index contributed by atoms with van der Waals surface area (Å²) in [4.78, 5) is 24.1. The predicted molar refractivity (Wildman–Crippen MR) is 64.4 cm³/mol. The van der Waals surface area contributed by atoms with E-state index in [1.807, 2.05) is 0 Å². The van der Waals surface area contributed by atoms with Crippen molar-refractivity contribution in [3.8, 4) is 0 Å². The van der Waals surface area contributed by atoms with Crippen molar-refractivity contribution in [2.75, 3.05) is 13.1 Å². The Morgan fingerprint density at radius 1 is 1.56 bits per heavy atom. The number of nitro groups is 1. The van der Waals surface area contributed by atoms with Gasteiger partial charge in [0.05, 0.1) is 11.0 Å². The first kappa shape index (κ1) is 12.5. The highest BCUT2D eigenvalue weighted by Gasteiger charge is 2.30. The molecule has 6 nitrogen and oxygen atoms in total. The lowest BCUT2D eigenvalue weighted by Gasteiger charge is -2.15. The number of carbonyl (C=O) groups is 1. The van der Waals surface area contributed by atoms with Crippen molar-refractivity contribution in [2.24, 2.45) is 0 Å². The SMILES string of the molecule is Cc1cccc(C(=O)N2CCC(O)C2)c1[N+](=O)[O-]. The number of hydrogen-bond donors (Lipinski definition) is 1. The maximum Gasteiger partial charge on any atom is 0.285 e. The number of aliphatic hydroxyl groups excluding tert-OH is 1. The highest BCUT2D eigenvalue weighted by Crippen LogP contribution is 2.25. The van der Waals surface area contributed by atoms with Crippen LogP contribution in [0.25, 0.3) is 0 Å². The molecule has 1 heterocycles. The molecule has 18 heavy (non-hydrogen) atoms. The fraction of sp³-hybridized carbons (Fsp3) is 0.417. The highest BCUT2D eigenvalue weighted by atomic mass is 16.6. The average Bonchev–Trinajstić information content (AvgIpc) is 2.74. The van der Waals surface area contributed by atoms with Crippen LogP contribution in [0.4, 0.5) is 5.69 Å². The van der Waals surface area contributed by atoms with Gasteiger partial charge in [-0.2, -0.15) is 0 Å². The second kappa shape index (κ2) is 4.73. The van der Waals surface area contributed by atoms with Crippen LogP contribution in [0.2, 0.25) is 0 Å². The van der Waals surface area contributed by atoms with Crippen LogP contribution in [-0.2, 0) is 0 Å². The third kappa shape index (κ3) is 2.19. The molecular weight excluding hydrogens is 236 g/mol. The minimum absolute atomic E-state index is 0.0918. The summed E-state index contributed by atoms with van der Waals surface area (Å²) in [7, 11) is 0. The fourth-order valence-corrected chi connectivity index (χ4v) is 2.17. The van der Waals surface area contributed by atoms with Gasteiger partial charge in [-0.25, -0.2) is 0 Å². The number of hydrogen-bond acceptors (Lipinski definition) is 4. The summed E-state index contributed by atoms with van der Waals surface area (Å²) < 4.78 is 0. The Morgan fingerprint density at radius 3 is 2.83 bits per heavy atom. The molecule has 0 saturated carbocycles. The molecule has 1 fully saturated rings. The second-order valence-corrected chi connectivity index (χ2v) is 4.42. The Morgan fingerprint density at radius 2 is 2.28 bits per heavy atom. The summed E-state index contributed by atoms with van der Waals surface area (Å²) in [6.07, 6.45) is -0.0106. The molecule has 1 aromatic rings. The van der Waals surface area contributed by atoms with Crippen molar-refractivity contribution >= 4 is 11.6 Å². The zero-order chi connectivity index (χ0) is 13.3. The van der Waals surface area contributed by atoms with Gasteiger partial charge in [0, 0.05) is 18.7 Å². The van der Waals surface area contributed by atoms with Gasteiger partial charge in [0.1, 0.15) is 5.56 Å². The number of rotatable bonds is 2. The first-order chi connectivity index (χ1) is 8.50. The van der Waals surface area contributed by atoms with Gasteiger partial charge in [-0.3, -0.25) is 14.9 Å². The van der Waals surface area contributed by atoms with Gasteiger partial charge in [0.2, 0.25) is 0 Å². The maximum absolute atomic E-state index is 12.2. The number of carbonyl (C=O) groups excluding carboxylic acids is 1. The van der Waals surface area contributed by atoms with Crippen molar-refractivity contribution in [2.45, 2.75) is 19.4 Å². The number of amides is 1. The topological polar surface area (TPSA) is 83.7 Å². The van der Waals surface area contributed by atoms with Crippen LogP contribution in [0, 0.1) is 17.0 Å². The average molecular weight is 250 g/mol. The van der Waals surface area contributed by atoms with E-state index in [0.717, 1.165) is 0 Å². The number of aliphatic hydroxyl groups is 1. The first-order valence-corrected chi connectivity index (χ1v) is 5.72. The molecule has 1 aliphatic heterocycles. The molecule has 0 aliphatic carbocycles. The quantitative estimate of drug-likeness (QED) is 0.629. The van der Waals surface area contributed by atoms with Crippen molar-refractivity contribution in [3.63, 3.8) is 0 Å². The van der Waals surface area contributed by atoms with Crippen molar-refractivity contribution in [3.05, 3.63) is 39.4 Å². The summed E-state index contributed by atoms with van der Waals surface area (Å²) in [5, 5.41) is 20.4. The van der Waals surface area contributed by atoms with E-state index in [0.29, 0.717) is 18.5 Å². The van der Waals surface area contributed by atoms with Crippen molar-refractivity contribution in [1.29, 1.82) is 0 Å². The van der Waals surface area contributed by atoms with Crippen molar-refractivity contribution < 1.29 is 14.8 Å². The molecule has 1 N–H and O–H groups in total. The van der Waals surface area contributed by atoms with Crippen LogP contribution in [0.5, 0.6) is 0 Å². The zero-order valence-corrected chi connectivity index (χ0v) is 10.00. The van der Waals surface area contributed by atoms with Gasteiger partial charge in [-0.05, 0) is 19.4 Å². The molecule has 6 heteroatoms. The first-order valence-electron chi connectivity index (χ1n) is 5.72. The smallest absolute Gasteiger partial charge is 0.285 e. The number of β-amino-alcohol motifs (C(OH)–C–C–N with tert-alkyl or cyclic N) is 1. The Kier molecular flexibility index (Phi) is 3.29. The normalized spacial score (nSPS) is 19.0. The van der Waals surface area contributed by atoms with Crippen LogP contribution in [-0.4, -0.2) is 40.0 Å². The van der Waals surface area contributed by atoms with Crippen LogP contribution in [0.3, 0.4) is 0 Å². The second-order valence-electron chi connectivity index (χ2n) is 4.42. The third-order valence-electron chi connectivity index (χ3n) is 3.10. The van der Waals surface area contributed by atoms with Crippen molar-refractivity contribution in [1.82, 2.24) is 4.90 Å². The monoisotopic (exact) mass is 250 g/mol. The Bertz CT molecular complexity index is 501. The predicted octanol–water partition coefficient (Wildman–Crippen LogP) is 1.11. The van der Waals surface area contributed by atoms with E-state index >= 15 is 0 Å². The van der Waals surface area contributed by atoms with Gasteiger partial charge < -0.3 is 10.0 Å². The molecule has 2 rings (SSSR count). The van der Waals surface area contributed by atoms with Gasteiger partial charge in [-0.1, -0.05) is 12.1 Å². The van der Waals surface area contributed by atoms with Crippen LogP contribution in [0.15, 0.2) is 18.2 Å². The van der Waals surface area contributed by atoms with E-state index < -0.39 is 11.0 Å². The lowest BCUT2D eigenvalue weighted by atomic mass is 10.1. The lowest BCUT2D eigenvalue weighted by molar-refractivity contribution is -0.385. The van der Waals surface area contributed by atoms with Crippen LogP contribution < -0.4 is 0 Å². The molecule has 0 bridgehead atoms. The molecular formula is C12H14N2O4. The largest absolute Gasteiger partial charge is 0.391 e. The van der Waals surface area contributed by atoms with Gasteiger partial charge in [-0.15, -0.1) is 0 Å². The molecule has 96 valence electrons. The third-order valence-corrected chi connectivity index (χ3v) is 3.10. The number of likely N-dealkylation sites (tertiary alicyclic amines) is 1. The van der Waals surface area contributed by atoms with E-state index in [2.05, 4.69) is 0 Å². The number of nitro benzene ring substituents is 1. The zero-order valence-electron chi connectivity index (χ0n) is 10.00. The molecule has 1 aromatic carbocycles. The summed E-state index contributed by atoms with van der Waals surface area (Å²) in [5.41, 5.74) is 0.406. The van der Waals surface area contributed by atoms with E-state index in [1.54, 1.807) is 19.1 Å². The minimum atomic E-state index is -0.533. The Labute approximate surface area is 104 Å². The van der Waals surface area contributed by atoms with E-state index in [1.165, 1.54) is 11.0 Å². The van der Waals surface area contributed by atoms with E-state index in [9.17, 15) is 20.0 Å². The molecule has 1 atom stereocenters.